The quantitative estimate of drug-likeness (QED) is 0.887. The molecule has 0 bridgehead atoms. The van der Waals surface area contributed by atoms with E-state index in [1.165, 1.54) is 4.90 Å². The standard InChI is InChI=1S/C21H21NO4/c23-20(24)12-22(14-6-5-7-14)21(25)26-13-19-17-10-3-1-8-15(17)16-9-2-4-11-18(16)19/h1-4,8-11,14,19H,5-7,12-13H2,(H,23,24)/i13D. The number of rotatable bonds is 5. The zero-order valence-electron chi connectivity index (χ0n) is 15.3. The van der Waals surface area contributed by atoms with Crippen LogP contribution in [0.25, 0.3) is 11.1 Å². The molecule has 1 fully saturated rings. The molecule has 1 N–H and O–H groups in total. The van der Waals surface area contributed by atoms with Crippen LogP contribution in [0.15, 0.2) is 48.5 Å². The smallest absolute Gasteiger partial charge is 0.410 e. The number of carboxylic acid groups (broad SMARTS) is 1. The van der Waals surface area contributed by atoms with Crippen LogP contribution in [0.4, 0.5) is 4.79 Å². The van der Waals surface area contributed by atoms with Gasteiger partial charge in [-0.3, -0.25) is 9.69 Å². The Labute approximate surface area is 153 Å². The van der Waals surface area contributed by atoms with Crippen LogP contribution in [0.2, 0.25) is 0 Å². The number of ether oxygens (including phenoxy) is 1. The summed E-state index contributed by atoms with van der Waals surface area (Å²) >= 11 is 0. The Morgan fingerprint density at radius 3 is 2.15 bits per heavy atom. The van der Waals surface area contributed by atoms with Crippen LogP contribution in [0.5, 0.6) is 0 Å². The van der Waals surface area contributed by atoms with Crippen LogP contribution in [-0.4, -0.2) is 41.2 Å². The van der Waals surface area contributed by atoms with Gasteiger partial charge >= 0.3 is 12.1 Å². The summed E-state index contributed by atoms with van der Waals surface area (Å²) in [5.74, 6) is -1.45. The van der Waals surface area contributed by atoms with Crippen molar-refractivity contribution in [2.75, 3.05) is 13.1 Å². The number of hydrogen-bond donors (Lipinski definition) is 1. The van der Waals surface area contributed by atoms with Gasteiger partial charge in [-0.05, 0) is 41.5 Å². The summed E-state index contributed by atoms with van der Waals surface area (Å²) in [6.07, 6.45) is 1.81. The van der Waals surface area contributed by atoms with Crippen molar-refractivity contribution in [1.29, 1.82) is 0 Å². The van der Waals surface area contributed by atoms with E-state index in [1.807, 2.05) is 48.5 Å². The molecule has 134 valence electrons. The van der Waals surface area contributed by atoms with Gasteiger partial charge in [-0.2, -0.15) is 0 Å². The SMILES string of the molecule is [2H]C(OC(=O)N(CC(=O)O)C1CCC1)C1c2ccccc2-c2ccccc21. The first-order chi connectivity index (χ1) is 13.1. The summed E-state index contributed by atoms with van der Waals surface area (Å²) in [7, 11) is 0. The number of nitrogens with zero attached hydrogens (tertiary/aromatic N) is 1. The molecule has 2 aliphatic carbocycles. The Hall–Kier alpha value is -2.82. The molecular weight excluding hydrogens is 330 g/mol. The molecule has 2 aromatic rings. The number of hydrogen-bond acceptors (Lipinski definition) is 3. The second-order valence-electron chi connectivity index (χ2n) is 6.78. The molecule has 1 atom stereocenters. The molecule has 1 saturated carbocycles. The van der Waals surface area contributed by atoms with E-state index in [0.717, 1.165) is 41.5 Å². The van der Waals surface area contributed by atoms with E-state index in [0.29, 0.717) is 0 Å². The first-order valence-corrected chi connectivity index (χ1v) is 8.86. The maximum Gasteiger partial charge on any atom is 0.410 e. The van der Waals surface area contributed by atoms with Gasteiger partial charge in [0.15, 0.2) is 0 Å². The Kier molecular flexibility index (Phi) is 4.05. The Morgan fingerprint density at radius 2 is 1.65 bits per heavy atom. The van der Waals surface area contributed by atoms with Gasteiger partial charge in [0.05, 0.1) is 1.37 Å². The van der Waals surface area contributed by atoms with Gasteiger partial charge in [0.25, 0.3) is 0 Å². The van der Waals surface area contributed by atoms with E-state index in [-0.39, 0.29) is 12.0 Å². The molecule has 0 heterocycles. The molecule has 0 saturated heterocycles. The third-order valence-electron chi connectivity index (χ3n) is 5.24. The normalized spacial score (nSPS) is 17.5. The summed E-state index contributed by atoms with van der Waals surface area (Å²) in [5.41, 5.74) is 4.01. The Balaban J connectivity index is 1.58. The van der Waals surface area contributed by atoms with Crippen molar-refractivity contribution in [3.05, 3.63) is 59.7 Å². The fourth-order valence-corrected chi connectivity index (χ4v) is 3.72. The molecule has 0 aromatic heterocycles. The molecule has 2 aromatic carbocycles. The van der Waals surface area contributed by atoms with E-state index in [4.69, 9.17) is 11.2 Å². The van der Waals surface area contributed by atoms with Gasteiger partial charge in [0.1, 0.15) is 13.1 Å². The van der Waals surface area contributed by atoms with Crippen molar-refractivity contribution in [3.63, 3.8) is 0 Å². The van der Waals surface area contributed by atoms with Gasteiger partial charge in [-0.1, -0.05) is 48.5 Å². The number of carbonyl (C=O) groups excluding carboxylic acids is 1. The third kappa shape index (κ3) is 2.94. The fraction of sp³-hybridized carbons (Fsp3) is 0.333. The number of benzene rings is 2. The van der Waals surface area contributed by atoms with Crippen LogP contribution >= 0.6 is 0 Å². The molecule has 0 aliphatic heterocycles. The van der Waals surface area contributed by atoms with Crippen molar-refractivity contribution in [3.8, 4) is 11.1 Å². The number of amides is 1. The minimum atomic E-state index is -1.14. The lowest BCUT2D eigenvalue weighted by molar-refractivity contribution is -0.138. The monoisotopic (exact) mass is 352 g/mol. The number of aliphatic carboxylic acids is 1. The predicted molar refractivity (Wildman–Crippen MR) is 97.0 cm³/mol. The van der Waals surface area contributed by atoms with Crippen molar-refractivity contribution in [1.82, 2.24) is 4.90 Å². The van der Waals surface area contributed by atoms with E-state index < -0.39 is 25.2 Å². The molecule has 0 spiro atoms. The van der Waals surface area contributed by atoms with Gasteiger partial charge < -0.3 is 9.84 Å². The minimum Gasteiger partial charge on any atom is -0.480 e. The summed E-state index contributed by atoms with van der Waals surface area (Å²) in [6.45, 7) is -1.53. The molecule has 4 rings (SSSR count). The molecule has 1 amide bonds. The minimum absolute atomic E-state index is 0.107. The number of carbonyl (C=O) groups is 2. The van der Waals surface area contributed by atoms with Gasteiger partial charge in [-0.15, -0.1) is 0 Å². The van der Waals surface area contributed by atoms with Crippen molar-refractivity contribution in [2.45, 2.75) is 31.2 Å². The number of carboxylic acids is 1. The van der Waals surface area contributed by atoms with Crippen molar-refractivity contribution < 1.29 is 20.8 Å². The average molecular weight is 352 g/mol. The summed E-state index contributed by atoms with van der Waals surface area (Å²) in [6, 6.07) is 15.6. The molecular formula is C21H21NO4. The second-order valence-corrected chi connectivity index (χ2v) is 6.78. The van der Waals surface area contributed by atoms with Gasteiger partial charge in [0.2, 0.25) is 0 Å². The maximum atomic E-state index is 12.6. The third-order valence-corrected chi connectivity index (χ3v) is 5.24. The van der Waals surface area contributed by atoms with Gasteiger partial charge in [0, 0.05) is 12.0 Å². The van der Waals surface area contributed by atoms with Crippen LogP contribution in [0.1, 0.15) is 37.7 Å². The van der Waals surface area contributed by atoms with Crippen molar-refractivity contribution in [2.24, 2.45) is 0 Å². The first kappa shape index (κ1) is 15.4. The van der Waals surface area contributed by atoms with E-state index in [2.05, 4.69) is 0 Å². The zero-order valence-corrected chi connectivity index (χ0v) is 14.3. The Morgan fingerprint density at radius 1 is 1.08 bits per heavy atom. The molecule has 0 radical (unpaired) electrons. The molecule has 5 heteroatoms. The highest BCUT2D eigenvalue weighted by Crippen LogP contribution is 2.44. The lowest BCUT2D eigenvalue weighted by Gasteiger charge is -2.35. The lowest BCUT2D eigenvalue weighted by atomic mass is 9.92. The highest BCUT2D eigenvalue weighted by atomic mass is 16.6. The molecule has 5 nitrogen and oxygen atoms in total. The molecule has 1 unspecified atom stereocenters. The van der Waals surface area contributed by atoms with Crippen LogP contribution in [-0.2, 0) is 9.53 Å². The summed E-state index contributed by atoms with van der Waals surface area (Å²) in [5, 5.41) is 9.11. The predicted octanol–water partition coefficient (Wildman–Crippen LogP) is 3.87. The second kappa shape index (κ2) is 6.83. The average Bonchev–Trinajstić information content (AvgIpc) is 2.94. The van der Waals surface area contributed by atoms with Crippen LogP contribution in [0.3, 0.4) is 0 Å². The Bertz CT molecular complexity index is 834. The van der Waals surface area contributed by atoms with Crippen LogP contribution in [0, 0.1) is 0 Å². The molecule has 26 heavy (non-hydrogen) atoms. The van der Waals surface area contributed by atoms with E-state index >= 15 is 0 Å². The summed E-state index contributed by atoms with van der Waals surface area (Å²) in [4.78, 5) is 25.0. The highest BCUT2D eigenvalue weighted by Gasteiger charge is 2.33. The summed E-state index contributed by atoms with van der Waals surface area (Å²) < 4.78 is 14.0. The van der Waals surface area contributed by atoms with E-state index in [9.17, 15) is 9.59 Å². The lowest BCUT2D eigenvalue weighted by Crippen LogP contribution is -2.47. The maximum absolute atomic E-state index is 12.6. The van der Waals surface area contributed by atoms with Crippen LogP contribution < -0.4 is 0 Å². The fourth-order valence-electron chi connectivity index (χ4n) is 3.72. The largest absolute Gasteiger partial charge is 0.480 e. The zero-order chi connectivity index (χ0) is 19.0. The first-order valence-electron chi connectivity index (χ1n) is 9.43. The van der Waals surface area contributed by atoms with Crippen molar-refractivity contribution >= 4 is 12.1 Å². The molecule has 2 aliphatic rings. The topological polar surface area (TPSA) is 66.8 Å². The van der Waals surface area contributed by atoms with Gasteiger partial charge in [-0.25, -0.2) is 4.79 Å². The highest BCUT2D eigenvalue weighted by molar-refractivity contribution is 5.80. The number of fused-ring (bicyclic) bond motifs is 3. The van der Waals surface area contributed by atoms with E-state index in [1.54, 1.807) is 0 Å².